The van der Waals surface area contributed by atoms with E-state index in [0.29, 0.717) is 11.6 Å². The van der Waals surface area contributed by atoms with E-state index in [2.05, 4.69) is 4.99 Å². The number of benzene rings is 1. The van der Waals surface area contributed by atoms with Gasteiger partial charge in [-0.25, -0.2) is 0 Å². The van der Waals surface area contributed by atoms with E-state index in [4.69, 9.17) is 5.73 Å². The molecule has 0 unspecified atom stereocenters. The van der Waals surface area contributed by atoms with Gasteiger partial charge in [0, 0.05) is 5.56 Å². The summed E-state index contributed by atoms with van der Waals surface area (Å²) in [5, 5.41) is 9.66. The van der Waals surface area contributed by atoms with Crippen LogP contribution in [0.3, 0.4) is 0 Å². The summed E-state index contributed by atoms with van der Waals surface area (Å²) in [4.78, 5) is 4.40. The van der Waals surface area contributed by atoms with E-state index < -0.39 is 0 Å². The van der Waals surface area contributed by atoms with Gasteiger partial charge < -0.3 is 10.8 Å². The highest BCUT2D eigenvalue weighted by Crippen LogP contribution is 2.23. The Balaban J connectivity index is 3.21. The van der Waals surface area contributed by atoms with Crippen LogP contribution in [0.5, 0.6) is 5.75 Å². The number of phenolic OH excluding ortho intramolecular Hbond substituents is 1. The molecule has 88 valence electrons. The first-order chi connectivity index (χ1) is 7.20. The number of amidine groups is 1. The zero-order chi connectivity index (χ0) is 12.5. The first-order valence-corrected chi connectivity index (χ1v) is 5.36. The lowest BCUT2D eigenvalue weighted by atomic mass is 10.0. The maximum absolute atomic E-state index is 9.66. The quantitative estimate of drug-likeness (QED) is 0.564. The molecule has 0 aliphatic carbocycles. The molecule has 0 heterocycles. The number of phenols is 1. The molecule has 16 heavy (non-hydrogen) atoms. The van der Waals surface area contributed by atoms with Gasteiger partial charge in [0.2, 0.25) is 0 Å². The molecule has 0 saturated carbocycles. The van der Waals surface area contributed by atoms with Crippen molar-refractivity contribution in [1.29, 1.82) is 0 Å². The molecule has 0 aliphatic rings. The van der Waals surface area contributed by atoms with Crippen molar-refractivity contribution in [3.05, 3.63) is 28.8 Å². The first-order valence-electron chi connectivity index (χ1n) is 5.36. The predicted octanol–water partition coefficient (Wildman–Crippen LogP) is 2.51. The van der Waals surface area contributed by atoms with E-state index in [9.17, 15) is 5.11 Å². The van der Waals surface area contributed by atoms with Gasteiger partial charge in [-0.1, -0.05) is 0 Å². The smallest absolute Gasteiger partial charge is 0.126 e. The second-order valence-corrected chi connectivity index (χ2v) is 5.13. The van der Waals surface area contributed by atoms with Crippen molar-refractivity contribution >= 4 is 5.84 Å². The Morgan fingerprint density at radius 3 is 2.00 bits per heavy atom. The highest BCUT2D eigenvalue weighted by Gasteiger charge is 2.11. The van der Waals surface area contributed by atoms with Gasteiger partial charge in [-0.15, -0.1) is 0 Å². The minimum atomic E-state index is -0.191. The molecule has 0 saturated heterocycles. The number of hydrogen-bond donors (Lipinski definition) is 2. The molecule has 1 aromatic rings. The summed E-state index contributed by atoms with van der Waals surface area (Å²) in [6.07, 6.45) is 0. The molecule has 3 nitrogen and oxygen atoms in total. The van der Waals surface area contributed by atoms with Crippen molar-refractivity contribution in [2.45, 2.75) is 40.2 Å². The van der Waals surface area contributed by atoms with Crippen molar-refractivity contribution in [1.82, 2.24) is 0 Å². The monoisotopic (exact) mass is 220 g/mol. The van der Waals surface area contributed by atoms with Gasteiger partial charge in [0.15, 0.2) is 0 Å². The van der Waals surface area contributed by atoms with Crippen LogP contribution in [0.15, 0.2) is 17.1 Å². The number of aryl methyl sites for hydroxylation is 2. The molecular formula is C13H20N2O. The Hall–Kier alpha value is -1.51. The summed E-state index contributed by atoms with van der Waals surface area (Å²) in [7, 11) is 0. The molecule has 3 N–H and O–H groups in total. The van der Waals surface area contributed by atoms with Gasteiger partial charge in [-0.05, 0) is 57.9 Å². The van der Waals surface area contributed by atoms with Gasteiger partial charge in [0.1, 0.15) is 11.6 Å². The summed E-state index contributed by atoms with van der Waals surface area (Å²) >= 11 is 0. The second-order valence-electron chi connectivity index (χ2n) is 5.13. The van der Waals surface area contributed by atoms with Crippen LogP contribution in [0.4, 0.5) is 0 Å². The van der Waals surface area contributed by atoms with Crippen LogP contribution in [0.25, 0.3) is 0 Å². The van der Waals surface area contributed by atoms with Gasteiger partial charge in [-0.3, -0.25) is 4.99 Å². The fourth-order valence-corrected chi connectivity index (χ4v) is 1.53. The van der Waals surface area contributed by atoms with E-state index in [-0.39, 0.29) is 5.54 Å². The minimum Gasteiger partial charge on any atom is -0.507 e. The largest absolute Gasteiger partial charge is 0.507 e. The summed E-state index contributed by atoms with van der Waals surface area (Å²) in [5.41, 5.74) is 8.25. The summed E-state index contributed by atoms with van der Waals surface area (Å²) in [5.74, 6) is 0.839. The van der Waals surface area contributed by atoms with E-state index in [1.807, 2.05) is 46.8 Å². The van der Waals surface area contributed by atoms with Crippen molar-refractivity contribution in [2.24, 2.45) is 10.7 Å². The lowest BCUT2D eigenvalue weighted by Crippen LogP contribution is -2.21. The van der Waals surface area contributed by atoms with Crippen molar-refractivity contribution < 1.29 is 5.11 Å². The van der Waals surface area contributed by atoms with Crippen LogP contribution in [0.1, 0.15) is 37.5 Å². The topological polar surface area (TPSA) is 58.6 Å². The number of aliphatic imine (C=N–C) groups is 1. The lowest BCUT2D eigenvalue weighted by molar-refractivity contribution is 0.467. The molecule has 0 bridgehead atoms. The number of nitrogens with two attached hydrogens (primary N) is 1. The van der Waals surface area contributed by atoms with Crippen LogP contribution >= 0.6 is 0 Å². The molecule has 0 amide bonds. The molecule has 1 rings (SSSR count). The third-order valence-electron chi connectivity index (χ3n) is 2.24. The predicted molar refractivity (Wildman–Crippen MR) is 68.1 cm³/mol. The standard InChI is InChI=1S/C13H20N2O/c1-8-6-10(7-9(2)11(8)16)12(14)15-13(3,4)5/h6-7,16H,1-5H3,(H2,14,15). The van der Waals surface area contributed by atoms with E-state index >= 15 is 0 Å². The molecule has 0 spiro atoms. The molecule has 0 atom stereocenters. The van der Waals surface area contributed by atoms with Crippen molar-refractivity contribution in [2.75, 3.05) is 0 Å². The number of nitrogens with zero attached hydrogens (tertiary/aromatic N) is 1. The van der Waals surface area contributed by atoms with Crippen molar-refractivity contribution in [3.8, 4) is 5.75 Å². The molecule has 0 aromatic heterocycles. The molecule has 3 heteroatoms. The third kappa shape index (κ3) is 2.99. The number of aromatic hydroxyl groups is 1. The molecule has 0 fully saturated rings. The highest BCUT2D eigenvalue weighted by molar-refractivity contribution is 5.98. The first kappa shape index (κ1) is 12.6. The Kier molecular flexibility index (Phi) is 3.27. The maximum Gasteiger partial charge on any atom is 0.126 e. The van der Waals surface area contributed by atoms with Crippen LogP contribution in [-0.2, 0) is 0 Å². The second kappa shape index (κ2) is 4.16. The zero-order valence-corrected chi connectivity index (χ0v) is 10.6. The SMILES string of the molecule is Cc1cc(C(N)=NC(C)(C)C)cc(C)c1O. The maximum atomic E-state index is 9.66. The van der Waals surface area contributed by atoms with Gasteiger partial charge >= 0.3 is 0 Å². The molecule has 0 aliphatic heterocycles. The van der Waals surface area contributed by atoms with Crippen molar-refractivity contribution in [3.63, 3.8) is 0 Å². The lowest BCUT2D eigenvalue weighted by Gasteiger charge is -2.14. The van der Waals surface area contributed by atoms with Crippen LogP contribution in [0.2, 0.25) is 0 Å². The third-order valence-corrected chi connectivity index (χ3v) is 2.24. The van der Waals surface area contributed by atoms with Gasteiger partial charge in [-0.2, -0.15) is 0 Å². The molecule has 1 aromatic carbocycles. The zero-order valence-electron chi connectivity index (χ0n) is 10.6. The average Bonchev–Trinajstić information content (AvgIpc) is 2.10. The fraction of sp³-hybridized carbons (Fsp3) is 0.462. The normalized spacial score (nSPS) is 12.9. The van der Waals surface area contributed by atoms with Crippen LogP contribution in [0, 0.1) is 13.8 Å². The molecular weight excluding hydrogens is 200 g/mol. The highest BCUT2D eigenvalue weighted by atomic mass is 16.3. The summed E-state index contributed by atoms with van der Waals surface area (Å²) in [6.45, 7) is 9.71. The van der Waals surface area contributed by atoms with Crippen LogP contribution in [-0.4, -0.2) is 16.5 Å². The Bertz CT molecular complexity index is 405. The minimum absolute atomic E-state index is 0.191. The average molecular weight is 220 g/mol. The van der Waals surface area contributed by atoms with E-state index in [1.165, 1.54) is 0 Å². The number of rotatable bonds is 1. The fourth-order valence-electron chi connectivity index (χ4n) is 1.53. The summed E-state index contributed by atoms with van der Waals surface area (Å²) in [6, 6.07) is 3.71. The van der Waals surface area contributed by atoms with Crippen LogP contribution < -0.4 is 5.73 Å². The number of hydrogen-bond acceptors (Lipinski definition) is 2. The Morgan fingerprint density at radius 1 is 1.19 bits per heavy atom. The van der Waals surface area contributed by atoms with E-state index in [1.54, 1.807) is 0 Å². The van der Waals surface area contributed by atoms with Gasteiger partial charge in [0.25, 0.3) is 0 Å². The Morgan fingerprint density at radius 2 is 1.62 bits per heavy atom. The van der Waals surface area contributed by atoms with Gasteiger partial charge in [0.05, 0.1) is 5.54 Å². The van der Waals surface area contributed by atoms with E-state index in [0.717, 1.165) is 16.7 Å². The summed E-state index contributed by atoms with van der Waals surface area (Å²) < 4.78 is 0. The molecule has 0 radical (unpaired) electrons. The Labute approximate surface area is 97.0 Å².